The van der Waals surface area contributed by atoms with E-state index in [-0.39, 0.29) is 11.7 Å². The van der Waals surface area contributed by atoms with E-state index >= 15 is 0 Å². The molecule has 1 saturated heterocycles. The molecule has 7 nitrogen and oxygen atoms in total. The standard InChI is InChI=1S/C30H34N4O3/c1-19-11-24-14-23(19)17-33(24)18-25-13-22-6-5-20(12-27(22)34(25)29(36)37-30(2,3)4)16-32-10-8-21-7-9-31-15-26(21)28(32)35/h5-10,12-13,15,19,23-24H,11,14,16-18H2,1-4H3/t19?,23-,24+/m0/s1. The maximum Gasteiger partial charge on any atom is 0.419 e. The second kappa shape index (κ2) is 8.84. The van der Waals surface area contributed by atoms with Crippen molar-refractivity contribution in [3.05, 3.63) is 76.6 Å². The first-order chi connectivity index (χ1) is 17.7. The zero-order chi connectivity index (χ0) is 25.9. The maximum atomic E-state index is 13.5. The molecule has 7 heteroatoms. The van der Waals surface area contributed by atoms with Crippen molar-refractivity contribution in [1.29, 1.82) is 0 Å². The Kier molecular flexibility index (Phi) is 5.71. The summed E-state index contributed by atoms with van der Waals surface area (Å²) in [5, 5.41) is 2.47. The number of hydrogen-bond donors (Lipinski definition) is 0. The Hall–Kier alpha value is -3.45. The van der Waals surface area contributed by atoms with Crippen LogP contribution in [0.25, 0.3) is 21.7 Å². The molecule has 0 N–H and O–H groups in total. The molecule has 0 amide bonds. The van der Waals surface area contributed by atoms with Crippen molar-refractivity contribution in [2.75, 3.05) is 6.54 Å². The van der Waals surface area contributed by atoms with Gasteiger partial charge in [0.05, 0.1) is 17.4 Å². The van der Waals surface area contributed by atoms with Gasteiger partial charge in [-0.2, -0.15) is 0 Å². The van der Waals surface area contributed by atoms with Crippen molar-refractivity contribution >= 4 is 27.8 Å². The van der Waals surface area contributed by atoms with Gasteiger partial charge in [-0.1, -0.05) is 19.1 Å². The maximum absolute atomic E-state index is 13.5. The van der Waals surface area contributed by atoms with E-state index in [1.165, 1.54) is 12.8 Å². The van der Waals surface area contributed by atoms with E-state index in [1.807, 2.05) is 57.3 Å². The molecular formula is C30H34N4O3. The predicted molar refractivity (Wildman–Crippen MR) is 145 cm³/mol. The first kappa shape index (κ1) is 23.9. The highest BCUT2D eigenvalue weighted by molar-refractivity contribution is 5.91. The summed E-state index contributed by atoms with van der Waals surface area (Å²) in [7, 11) is 0. The van der Waals surface area contributed by atoms with Gasteiger partial charge in [0.1, 0.15) is 5.60 Å². The number of hydrogen-bond acceptors (Lipinski definition) is 5. The van der Waals surface area contributed by atoms with E-state index in [0.29, 0.717) is 18.0 Å². The molecule has 3 aromatic heterocycles. The third kappa shape index (κ3) is 4.46. The van der Waals surface area contributed by atoms with Crippen molar-refractivity contribution in [1.82, 2.24) is 19.0 Å². The number of aromatic nitrogens is 3. The zero-order valence-electron chi connectivity index (χ0n) is 22.0. The molecule has 0 radical (unpaired) electrons. The molecule has 1 aliphatic carbocycles. The van der Waals surface area contributed by atoms with E-state index in [1.54, 1.807) is 21.5 Å². The fourth-order valence-corrected chi connectivity index (χ4v) is 6.19. The number of pyridine rings is 2. The number of fused-ring (bicyclic) bond motifs is 4. The van der Waals surface area contributed by atoms with E-state index < -0.39 is 5.60 Å². The number of ether oxygens (including phenoxy) is 1. The van der Waals surface area contributed by atoms with Crippen LogP contribution in [0.5, 0.6) is 0 Å². The summed E-state index contributed by atoms with van der Waals surface area (Å²) < 4.78 is 9.28. The number of rotatable bonds is 4. The summed E-state index contributed by atoms with van der Waals surface area (Å²) in [6.07, 6.45) is 7.25. The summed E-state index contributed by atoms with van der Waals surface area (Å²) in [6, 6.07) is 12.6. The number of carbonyl (C=O) groups excluding carboxylic acids is 1. The van der Waals surface area contributed by atoms with Crippen LogP contribution < -0.4 is 5.56 Å². The summed E-state index contributed by atoms with van der Waals surface area (Å²) in [4.78, 5) is 33.2. The quantitative estimate of drug-likeness (QED) is 0.376. The first-order valence-electron chi connectivity index (χ1n) is 13.2. The molecule has 1 aromatic carbocycles. The third-order valence-electron chi connectivity index (χ3n) is 8.03. The topological polar surface area (TPSA) is 69.4 Å². The van der Waals surface area contributed by atoms with E-state index in [4.69, 9.17) is 4.74 Å². The Morgan fingerprint density at radius 2 is 1.92 bits per heavy atom. The molecule has 2 fully saturated rings. The van der Waals surface area contributed by atoms with Gasteiger partial charge in [-0.05, 0) is 80.7 Å². The van der Waals surface area contributed by atoms with Crippen molar-refractivity contribution in [2.24, 2.45) is 11.8 Å². The number of likely N-dealkylation sites (tertiary alicyclic amines) is 1. The molecular weight excluding hydrogens is 464 g/mol. The third-order valence-corrected chi connectivity index (χ3v) is 8.03. The molecule has 3 atom stereocenters. The highest BCUT2D eigenvalue weighted by Crippen LogP contribution is 2.42. The predicted octanol–water partition coefficient (Wildman–Crippen LogP) is 5.41. The van der Waals surface area contributed by atoms with E-state index in [2.05, 4.69) is 22.9 Å². The summed E-state index contributed by atoms with van der Waals surface area (Å²) in [6.45, 7) is 10.3. The van der Waals surface area contributed by atoms with Crippen molar-refractivity contribution in [3.63, 3.8) is 0 Å². The molecule has 6 rings (SSSR count). The molecule has 1 aliphatic heterocycles. The first-order valence-corrected chi connectivity index (χ1v) is 13.2. The lowest BCUT2D eigenvalue weighted by Crippen LogP contribution is -2.35. The molecule has 1 saturated carbocycles. The smallest absolute Gasteiger partial charge is 0.419 e. The molecule has 192 valence electrons. The largest absolute Gasteiger partial charge is 0.443 e. The lowest BCUT2D eigenvalue weighted by molar-refractivity contribution is 0.0534. The van der Waals surface area contributed by atoms with Gasteiger partial charge in [0.2, 0.25) is 0 Å². The second-order valence-electron chi connectivity index (χ2n) is 11.8. The Balaban J connectivity index is 1.37. The fraction of sp³-hybridized carbons (Fsp3) is 0.433. The van der Waals surface area contributed by atoms with Gasteiger partial charge >= 0.3 is 6.09 Å². The molecule has 37 heavy (non-hydrogen) atoms. The molecule has 0 spiro atoms. The molecule has 2 bridgehead atoms. The van der Waals surface area contributed by atoms with Gasteiger partial charge < -0.3 is 9.30 Å². The molecule has 2 aliphatic rings. The summed E-state index contributed by atoms with van der Waals surface area (Å²) in [5.41, 5.74) is 2.04. The van der Waals surface area contributed by atoms with E-state index in [9.17, 15) is 9.59 Å². The summed E-state index contributed by atoms with van der Waals surface area (Å²) >= 11 is 0. The van der Waals surface area contributed by atoms with Gasteiger partial charge in [-0.15, -0.1) is 0 Å². The highest BCUT2D eigenvalue weighted by atomic mass is 16.6. The summed E-state index contributed by atoms with van der Waals surface area (Å²) in [5.74, 6) is 1.54. The minimum atomic E-state index is -0.600. The van der Waals surface area contributed by atoms with Crippen molar-refractivity contribution < 1.29 is 9.53 Å². The monoisotopic (exact) mass is 498 g/mol. The molecule has 1 unspecified atom stereocenters. The lowest BCUT2D eigenvalue weighted by Gasteiger charge is -2.30. The fourth-order valence-electron chi connectivity index (χ4n) is 6.19. The number of piperidine rings is 1. The van der Waals surface area contributed by atoms with Crippen LogP contribution in [0.1, 0.15) is 51.8 Å². The Morgan fingerprint density at radius 1 is 1.08 bits per heavy atom. The van der Waals surface area contributed by atoms with Crippen LogP contribution in [0.4, 0.5) is 4.79 Å². The Bertz CT molecular complexity index is 1560. The normalized spacial score (nSPS) is 21.8. The van der Waals surface area contributed by atoms with Gasteiger partial charge in [0.15, 0.2) is 0 Å². The average Bonchev–Trinajstić information content (AvgIpc) is 3.51. The van der Waals surface area contributed by atoms with Gasteiger partial charge in [0.25, 0.3) is 5.56 Å². The van der Waals surface area contributed by atoms with Gasteiger partial charge in [0, 0.05) is 48.8 Å². The van der Waals surface area contributed by atoms with Crippen LogP contribution in [0.2, 0.25) is 0 Å². The van der Waals surface area contributed by atoms with Crippen molar-refractivity contribution in [3.8, 4) is 0 Å². The van der Waals surface area contributed by atoms with Gasteiger partial charge in [-0.25, -0.2) is 9.36 Å². The van der Waals surface area contributed by atoms with Crippen molar-refractivity contribution in [2.45, 2.75) is 65.3 Å². The van der Waals surface area contributed by atoms with Crippen LogP contribution in [-0.4, -0.2) is 43.3 Å². The lowest BCUT2D eigenvalue weighted by atomic mass is 9.97. The second-order valence-corrected chi connectivity index (χ2v) is 11.8. The highest BCUT2D eigenvalue weighted by Gasteiger charge is 2.42. The number of benzene rings is 1. The number of nitrogens with zero attached hydrogens (tertiary/aromatic N) is 4. The van der Waals surface area contributed by atoms with Crippen LogP contribution in [0.3, 0.4) is 0 Å². The Labute approximate surface area is 216 Å². The minimum Gasteiger partial charge on any atom is -0.443 e. The Morgan fingerprint density at radius 3 is 2.65 bits per heavy atom. The van der Waals surface area contributed by atoms with Crippen LogP contribution in [-0.2, 0) is 17.8 Å². The van der Waals surface area contributed by atoms with Crippen LogP contribution in [0, 0.1) is 11.8 Å². The van der Waals surface area contributed by atoms with E-state index in [0.717, 1.165) is 52.5 Å². The van der Waals surface area contributed by atoms with Crippen LogP contribution in [0.15, 0.2) is 59.8 Å². The average molecular weight is 499 g/mol. The molecule has 4 heterocycles. The SMILES string of the molecule is CC1C[C@@H]2C[C@H]1CN2Cc1cc2ccc(Cn3ccc4ccncc4c3=O)cc2n1C(=O)OC(C)(C)C. The molecule has 4 aromatic rings. The zero-order valence-corrected chi connectivity index (χ0v) is 22.0. The minimum absolute atomic E-state index is 0.0766. The number of carbonyl (C=O) groups is 1. The van der Waals surface area contributed by atoms with Crippen LogP contribution >= 0.6 is 0 Å². The van der Waals surface area contributed by atoms with Gasteiger partial charge in [-0.3, -0.25) is 14.7 Å².